The molecule has 0 bridgehead atoms. The third-order valence-electron chi connectivity index (χ3n) is 2.35. The summed E-state index contributed by atoms with van der Waals surface area (Å²) in [4.78, 5) is 10.5. The maximum absolute atomic E-state index is 10.5. The Balaban J connectivity index is 2.94. The third kappa shape index (κ3) is 2.81. The van der Waals surface area contributed by atoms with Crippen molar-refractivity contribution in [1.29, 1.82) is 0 Å². The highest BCUT2D eigenvalue weighted by Crippen LogP contribution is 2.28. The van der Waals surface area contributed by atoms with Crippen molar-refractivity contribution in [2.24, 2.45) is 0 Å². The first-order valence-electron chi connectivity index (χ1n) is 5.08. The van der Waals surface area contributed by atoms with Crippen LogP contribution in [-0.2, 0) is 16.6 Å². The molecule has 0 atom stereocenters. The molecule has 0 spiro atoms. The first kappa shape index (κ1) is 11.8. The van der Waals surface area contributed by atoms with Crippen molar-refractivity contribution in [3.05, 3.63) is 17.0 Å². The van der Waals surface area contributed by atoms with Gasteiger partial charge in [0, 0.05) is 17.7 Å². The largest absolute Gasteiger partial charge is 0.481 e. The topological polar surface area (TPSA) is 66.0 Å². The van der Waals surface area contributed by atoms with Crippen LogP contribution in [0.15, 0.2) is 0 Å². The fourth-order valence-corrected chi connectivity index (χ4v) is 1.88. The van der Waals surface area contributed by atoms with E-state index in [0.29, 0.717) is 6.42 Å². The Morgan fingerprint density at radius 2 is 2.07 bits per heavy atom. The molecule has 0 aliphatic heterocycles. The van der Waals surface area contributed by atoms with Crippen LogP contribution >= 0.6 is 0 Å². The summed E-state index contributed by atoms with van der Waals surface area (Å²) in [6.45, 7) is 8.29. The molecule has 0 radical (unpaired) electrons. The normalized spacial score (nSPS) is 11.7. The summed E-state index contributed by atoms with van der Waals surface area (Å²) in [5, 5.41) is 15.7. The van der Waals surface area contributed by atoms with Gasteiger partial charge in [-0.05, 0) is 12.3 Å². The van der Waals surface area contributed by atoms with Crippen molar-refractivity contribution in [2.75, 3.05) is 0 Å². The summed E-state index contributed by atoms with van der Waals surface area (Å²) in [5.41, 5.74) is 3.05. The summed E-state index contributed by atoms with van der Waals surface area (Å²) < 4.78 is 0. The van der Waals surface area contributed by atoms with Gasteiger partial charge in [-0.2, -0.15) is 5.10 Å². The van der Waals surface area contributed by atoms with Crippen LogP contribution in [0, 0.1) is 6.92 Å². The van der Waals surface area contributed by atoms with Gasteiger partial charge in [0.15, 0.2) is 0 Å². The van der Waals surface area contributed by atoms with E-state index in [1.54, 1.807) is 0 Å². The number of aliphatic carboxylic acids is 1. The minimum Gasteiger partial charge on any atom is -0.481 e. The number of H-pyrrole nitrogens is 1. The maximum atomic E-state index is 10.5. The number of aromatic amines is 1. The Labute approximate surface area is 89.7 Å². The fraction of sp³-hybridized carbons (Fsp3) is 0.636. The molecular weight excluding hydrogens is 192 g/mol. The van der Waals surface area contributed by atoms with E-state index in [2.05, 4.69) is 31.0 Å². The lowest BCUT2D eigenvalue weighted by Gasteiger charge is -2.19. The molecule has 4 heteroatoms. The van der Waals surface area contributed by atoms with E-state index in [9.17, 15) is 4.79 Å². The fourth-order valence-electron chi connectivity index (χ4n) is 1.88. The zero-order valence-electron chi connectivity index (χ0n) is 9.72. The number of carboxylic acids is 1. The number of hydrogen-bond donors (Lipinski definition) is 2. The number of aryl methyl sites for hydroxylation is 2. The quantitative estimate of drug-likeness (QED) is 0.802. The molecule has 0 fully saturated rings. The third-order valence-corrected chi connectivity index (χ3v) is 2.35. The van der Waals surface area contributed by atoms with Crippen molar-refractivity contribution >= 4 is 5.97 Å². The average molecular weight is 210 g/mol. The second kappa shape index (κ2) is 4.04. The van der Waals surface area contributed by atoms with Crippen LogP contribution in [0.25, 0.3) is 0 Å². The van der Waals surface area contributed by atoms with Crippen molar-refractivity contribution in [2.45, 2.75) is 46.0 Å². The van der Waals surface area contributed by atoms with Crippen LogP contribution < -0.4 is 0 Å². The maximum Gasteiger partial charge on any atom is 0.303 e. The van der Waals surface area contributed by atoms with Crippen LogP contribution in [0.2, 0.25) is 0 Å². The predicted molar refractivity (Wildman–Crippen MR) is 58.0 cm³/mol. The molecule has 0 aliphatic rings. The Bertz CT molecular complexity index is 361. The molecule has 1 aromatic heterocycles. The van der Waals surface area contributed by atoms with E-state index in [0.717, 1.165) is 17.0 Å². The number of carbonyl (C=O) groups is 1. The molecule has 1 heterocycles. The lowest BCUT2D eigenvalue weighted by atomic mass is 9.84. The molecule has 1 aromatic rings. The van der Waals surface area contributed by atoms with E-state index in [4.69, 9.17) is 5.11 Å². The van der Waals surface area contributed by atoms with Crippen LogP contribution in [-0.4, -0.2) is 21.3 Å². The van der Waals surface area contributed by atoms with Crippen molar-refractivity contribution in [3.63, 3.8) is 0 Å². The standard InChI is InChI=1S/C11H18N2O2/c1-7-10(11(2,3)4)8(13-12-7)5-6-9(14)15/h5-6H2,1-4H3,(H,12,13)(H,14,15). The lowest BCUT2D eigenvalue weighted by molar-refractivity contribution is -0.136. The highest BCUT2D eigenvalue weighted by molar-refractivity contribution is 5.67. The SMILES string of the molecule is Cc1[nH]nc(CCC(=O)O)c1C(C)(C)C. The van der Waals surface area contributed by atoms with Gasteiger partial charge in [-0.25, -0.2) is 0 Å². The Kier molecular flexibility index (Phi) is 3.17. The van der Waals surface area contributed by atoms with Gasteiger partial charge in [0.2, 0.25) is 0 Å². The summed E-state index contributed by atoms with van der Waals surface area (Å²) in [6.07, 6.45) is 0.625. The van der Waals surface area contributed by atoms with Crippen molar-refractivity contribution < 1.29 is 9.90 Å². The van der Waals surface area contributed by atoms with Crippen LogP contribution in [0.1, 0.15) is 44.1 Å². The van der Waals surface area contributed by atoms with E-state index in [1.807, 2.05) is 6.92 Å². The van der Waals surface area contributed by atoms with E-state index < -0.39 is 5.97 Å². The molecular formula is C11H18N2O2. The van der Waals surface area contributed by atoms with Crippen molar-refractivity contribution in [1.82, 2.24) is 10.2 Å². The molecule has 0 amide bonds. The smallest absolute Gasteiger partial charge is 0.303 e. The number of carboxylic acid groups (broad SMARTS) is 1. The Morgan fingerprint density at radius 1 is 1.47 bits per heavy atom. The highest BCUT2D eigenvalue weighted by atomic mass is 16.4. The summed E-state index contributed by atoms with van der Waals surface area (Å²) >= 11 is 0. The highest BCUT2D eigenvalue weighted by Gasteiger charge is 2.23. The molecule has 1 rings (SSSR count). The first-order chi connectivity index (χ1) is 6.82. The summed E-state index contributed by atoms with van der Waals surface area (Å²) in [7, 11) is 0. The van der Waals surface area contributed by atoms with Gasteiger partial charge in [-0.1, -0.05) is 20.8 Å². The van der Waals surface area contributed by atoms with Gasteiger partial charge in [-0.3, -0.25) is 9.89 Å². The minimum absolute atomic E-state index is 0.00488. The molecule has 4 nitrogen and oxygen atoms in total. The molecule has 0 unspecified atom stereocenters. The second-order valence-electron chi connectivity index (χ2n) is 4.81. The zero-order chi connectivity index (χ0) is 11.6. The molecule has 15 heavy (non-hydrogen) atoms. The van der Waals surface area contributed by atoms with E-state index >= 15 is 0 Å². The van der Waals surface area contributed by atoms with Gasteiger partial charge >= 0.3 is 5.97 Å². The number of hydrogen-bond acceptors (Lipinski definition) is 2. The first-order valence-corrected chi connectivity index (χ1v) is 5.08. The molecule has 0 saturated carbocycles. The Hall–Kier alpha value is -1.32. The molecule has 0 aromatic carbocycles. The van der Waals surface area contributed by atoms with Crippen LogP contribution in [0.5, 0.6) is 0 Å². The lowest BCUT2D eigenvalue weighted by Crippen LogP contribution is -2.15. The summed E-state index contributed by atoms with van der Waals surface area (Å²) in [5.74, 6) is -0.782. The number of nitrogens with one attached hydrogen (secondary N) is 1. The van der Waals surface area contributed by atoms with Gasteiger partial charge in [-0.15, -0.1) is 0 Å². The predicted octanol–water partition coefficient (Wildman–Crippen LogP) is 2.03. The van der Waals surface area contributed by atoms with E-state index in [1.165, 1.54) is 0 Å². The van der Waals surface area contributed by atoms with Gasteiger partial charge in [0.05, 0.1) is 12.1 Å². The molecule has 84 valence electrons. The summed E-state index contributed by atoms with van der Waals surface area (Å²) in [6, 6.07) is 0. The van der Waals surface area contributed by atoms with Gasteiger partial charge in [0.25, 0.3) is 0 Å². The van der Waals surface area contributed by atoms with Crippen LogP contribution in [0.4, 0.5) is 0 Å². The molecule has 0 aliphatic carbocycles. The number of nitrogens with zero attached hydrogens (tertiary/aromatic N) is 1. The molecule has 2 N–H and O–H groups in total. The number of aromatic nitrogens is 2. The van der Waals surface area contributed by atoms with E-state index in [-0.39, 0.29) is 11.8 Å². The van der Waals surface area contributed by atoms with Crippen molar-refractivity contribution in [3.8, 4) is 0 Å². The second-order valence-corrected chi connectivity index (χ2v) is 4.81. The van der Waals surface area contributed by atoms with Gasteiger partial charge < -0.3 is 5.11 Å². The number of rotatable bonds is 3. The minimum atomic E-state index is -0.782. The molecule has 0 saturated heterocycles. The van der Waals surface area contributed by atoms with Crippen LogP contribution in [0.3, 0.4) is 0 Å². The zero-order valence-corrected chi connectivity index (χ0v) is 9.72. The Morgan fingerprint density at radius 3 is 2.53 bits per heavy atom. The van der Waals surface area contributed by atoms with Gasteiger partial charge in [0.1, 0.15) is 0 Å². The average Bonchev–Trinajstić information content (AvgIpc) is 2.42. The monoisotopic (exact) mass is 210 g/mol.